The lowest BCUT2D eigenvalue weighted by Crippen LogP contribution is -2.42. The molecule has 96 valence electrons. The first-order valence-corrected chi connectivity index (χ1v) is 5.83. The van der Waals surface area contributed by atoms with Crippen LogP contribution in [0.4, 0.5) is 13.2 Å². The summed E-state index contributed by atoms with van der Waals surface area (Å²) in [6.07, 6.45) is -3.24. The van der Waals surface area contributed by atoms with E-state index in [2.05, 4.69) is 11.7 Å². The molecule has 6 heteroatoms. The fourth-order valence-corrected chi connectivity index (χ4v) is 1.99. The van der Waals surface area contributed by atoms with Crippen molar-refractivity contribution in [3.8, 4) is 0 Å². The number of likely N-dealkylation sites (tertiary alicyclic amines) is 1. The number of halogens is 4. The summed E-state index contributed by atoms with van der Waals surface area (Å²) in [5.74, 6) is 0.481. The fourth-order valence-electron chi connectivity index (χ4n) is 1.67. The van der Waals surface area contributed by atoms with Crippen LogP contribution < -0.4 is 0 Å². The summed E-state index contributed by atoms with van der Waals surface area (Å²) in [5, 5.41) is 0.0939. The van der Waals surface area contributed by atoms with E-state index in [0.717, 1.165) is 19.5 Å². The van der Waals surface area contributed by atoms with Crippen molar-refractivity contribution in [1.82, 2.24) is 4.90 Å². The Morgan fingerprint density at radius 2 is 2.12 bits per heavy atom. The zero-order valence-corrected chi connectivity index (χ0v) is 10.0. The highest BCUT2D eigenvalue weighted by atomic mass is 35.5. The number of hydrogen-bond acceptors (Lipinski definition) is 2. The summed E-state index contributed by atoms with van der Waals surface area (Å²) in [4.78, 5) is 2.05. The summed E-state index contributed by atoms with van der Waals surface area (Å²) < 4.78 is 39.9. The summed E-state index contributed by atoms with van der Waals surface area (Å²) in [7, 11) is 0. The molecule has 0 saturated carbocycles. The van der Waals surface area contributed by atoms with E-state index >= 15 is 0 Å². The van der Waals surface area contributed by atoms with Crippen molar-refractivity contribution in [3.05, 3.63) is 0 Å². The Balaban J connectivity index is 2.10. The highest BCUT2D eigenvalue weighted by molar-refractivity contribution is 6.21. The van der Waals surface area contributed by atoms with Gasteiger partial charge in [-0.1, -0.05) is 6.92 Å². The molecule has 0 amide bonds. The van der Waals surface area contributed by atoms with Crippen LogP contribution in [0.2, 0.25) is 0 Å². The average Bonchev–Trinajstić information content (AvgIpc) is 2.17. The minimum Gasteiger partial charge on any atom is -0.371 e. The smallest absolute Gasteiger partial charge is 0.371 e. The number of rotatable bonds is 4. The van der Waals surface area contributed by atoms with E-state index < -0.39 is 12.8 Å². The topological polar surface area (TPSA) is 12.5 Å². The van der Waals surface area contributed by atoms with Gasteiger partial charge >= 0.3 is 6.18 Å². The Bertz CT molecular complexity index is 213. The molecule has 2 unspecified atom stereocenters. The Hall–Kier alpha value is -0.0000000000000000555. The number of piperidine rings is 1. The first kappa shape index (κ1) is 14.1. The summed E-state index contributed by atoms with van der Waals surface area (Å²) in [6, 6.07) is 0. The normalized spacial score (nSPS) is 28.3. The van der Waals surface area contributed by atoms with Crippen LogP contribution in [0.25, 0.3) is 0 Å². The molecular formula is C10H17ClF3NO. The molecule has 1 fully saturated rings. The molecule has 2 nitrogen and oxygen atoms in total. The quantitative estimate of drug-likeness (QED) is 0.568. The molecule has 0 N–H and O–H groups in total. The van der Waals surface area contributed by atoms with Gasteiger partial charge in [0.05, 0.1) is 6.61 Å². The van der Waals surface area contributed by atoms with Crippen LogP contribution in [0.3, 0.4) is 0 Å². The third-order valence-corrected chi connectivity index (χ3v) is 3.34. The van der Waals surface area contributed by atoms with Crippen LogP contribution in [0.1, 0.15) is 13.3 Å². The maximum Gasteiger partial charge on any atom is 0.411 e. The highest BCUT2D eigenvalue weighted by Gasteiger charge is 2.28. The lowest BCUT2D eigenvalue weighted by molar-refractivity contribution is -0.174. The number of nitrogens with zero attached hydrogens (tertiary/aromatic N) is 1. The van der Waals surface area contributed by atoms with E-state index in [1.807, 2.05) is 4.90 Å². The molecule has 1 rings (SSSR count). The molecule has 16 heavy (non-hydrogen) atoms. The summed E-state index contributed by atoms with van der Waals surface area (Å²) >= 11 is 6.08. The zero-order valence-electron chi connectivity index (χ0n) is 9.26. The van der Waals surface area contributed by atoms with Gasteiger partial charge in [0.2, 0.25) is 0 Å². The molecular weight excluding hydrogens is 243 g/mol. The number of hydrogen-bond donors (Lipinski definition) is 0. The third-order valence-electron chi connectivity index (χ3n) is 2.77. The van der Waals surface area contributed by atoms with Crippen molar-refractivity contribution in [2.45, 2.75) is 24.9 Å². The monoisotopic (exact) mass is 259 g/mol. The van der Waals surface area contributed by atoms with Gasteiger partial charge in [0.1, 0.15) is 6.61 Å². The van der Waals surface area contributed by atoms with Gasteiger partial charge in [0, 0.05) is 18.5 Å². The molecule has 1 aliphatic heterocycles. The Labute approximate surface area is 98.7 Å². The van der Waals surface area contributed by atoms with Gasteiger partial charge in [-0.25, -0.2) is 0 Å². The van der Waals surface area contributed by atoms with Gasteiger partial charge in [0.25, 0.3) is 0 Å². The van der Waals surface area contributed by atoms with E-state index in [9.17, 15) is 13.2 Å². The predicted molar refractivity (Wildman–Crippen MR) is 56.7 cm³/mol. The molecule has 0 aromatic heterocycles. The van der Waals surface area contributed by atoms with E-state index in [1.165, 1.54) is 0 Å². The highest BCUT2D eigenvalue weighted by Crippen LogP contribution is 2.21. The third kappa shape index (κ3) is 5.37. The van der Waals surface area contributed by atoms with E-state index in [0.29, 0.717) is 12.5 Å². The van der Waals surface area contributed by atoms with Crippen molar-refractivity contribution >= 4 is 11.6 Å². The Morgan fingerprint density at radius 1 is 1.44 bits per heavy atom. The Kier molecular flexibility index (Phi) is 5.34. The molecule has 0 bridgehead atoms. The summed E-state index contributed by atoms with van der Waals surface area (Å²) in [6.45, 7) is 3.18. The first-order valence-electron chi connectivity index (χ1n) is 5.39. The lowest BCUT2D eigenvalue weighted by atomic mass is 9.99. The van der Waals surface area contributed by atoms with Crippen molar-refractivity contribution in [1.29, 1.82) is 0 Å². The van der Waals surface area contributed by atoms with E-state index in [1.54, 1.807) is 0 Å². The van der Waals surface area contributed by atoms with Crippen molar-refractivity contribution < 1.29 is 17.9 Å². The first-order chi connectivity index (χ1) is 7.38. The Morgan fingerprint density at radius 3 is 2.69 bits per heavy atom. The van der Waals surface area contributed by atoms with E-state index in [4.69, 9.17) is 11.6 Å². The van der Waals surface area contributed by atoms with Crippen LogP contribution >= 0.6 is 11.6 Å². The number of alkyl halides is 4. The van der Waals surface area contributed by atoms with Crippen molar-refractivity contribution in [2.24, 2.45) is 5.92 Å². The molecule has 0 radical (unpaired) electrons. The molecule has 0 aromatic rings. The predicted octanol–water partition coefficient (Wildman–Crippen LogP) is 2.51. The molecule has 0 aliphatic carbocycles. The maximum absolute atomic E-state index is 11.8. The van der Waals surface area contributed by atoms with Crippen LogP contribution in [-0.2, 0) is 4.74 Å². The average molecular weight is 260 g/mol. The lowest BCUT2D eigenvalue weighted by Gasteiger charge is -2.33. The second-order valence-electron chi connectivity index (χ2n) is 4.25. The van der Waals surface area contributed by atoms with Crippen LogP contribution in [-0.4, -0.2) is 49.3 Å². The maximum atomic E-state index is 11.8. The summed E-state index contributed by atoms with van der Waals surface area (Å²) in [5.41, 5.74) is 0. The molecule has 1 heterocycles. The minimum absolute atomic E-state index is 0.0939. The molecule has 0 spiro atoms. The standard InChI is InChI=1S/C10H17ClF3NO/c1-8-2-3-15(6-9(8)11)4-5-16-7-10(12,13)14/h8-9H,2-7H2,1H3. The van der Waals surface area contributed by atoms with Gasteiger partial charge in [0.15, 0.2) is 0 Å². The molecule has 1 saturated heterocycles. The SMILES string of the molecule is CC1CCN(CCOCC(F)(F)F)CC1Cl. The van der Waals surface area contributed by atoms with Crippen molar-refractivity contribution in [2.75, 3.05) is 32.8 Å². The van der Waals surface area contributed by atoms with Gasteiger partial charge in [-0.05, 0) is 18.9 Å². The molecule has 1 aliphatic rings. The van der Waals surface area contributed by atoms with Gasteiger partial charge in [-0.2, -0.15) is 13.2 Å². The van der Waals surface area contributed by atoms with Gasteiger partial charge in [-0.15, -0.1) is 11.6 Å². The molecule has 0 aromatic carbocycles. The second-order valence-corrected chi connectivity index (χ2v) is 4.81. The van der Waals surface area contributed by atoms with Gasteiger partial charge < -0.3 is 4.74 Å². The van der Waals surface area contributed by atoms with Crippen LogP contribution in [0.15, 0.2) is 0 Å². The second kappa shape index (κ2) is 6.07. The van der Waals surface area contributed by atoms with Crippen LogP contribution in [0.5, 0.6) is 0 Å². The largest absolute Gasteiger partial charge is 0.411 e. The fraction of sp³-hybridized carbons (Fsp3) is 1.00. The molecule has 2 atom stereocenters. The minimum atomic E-state index is -4.23. The van der Waals surface area contributed by atoms with E-state index in [-0.39, 0.29) is 12.0 Å². The van der Waals surface area contributed by atoms with Crippen LogP contribution in [0, 0.1) is 5.92 Å². The zero-order chi connectivity index (χ0) is 12.2. The number of ether oxygens (including phenoxy) is 1. The van der Waals surface area contributed by atoms with Crippen molar-refractivity contribution in [3.63, 3.8) is 0 Å². The van der Waals surface area contributed by atoms with Gasteiger partial charge in [-0.3, -0.25) is 4.90 Å².